The Balaban J connectivity index is 1.87. The van der Waals surface area contributed by atoms with E-state index in [1.165, 1.54) is 7.11 Å². The van der Waals surface area contributed by atoms with Crippen LogP contribution in [0.4, 0.5) is 0 Å². The molecular formula is C23H25N3O3. The number of hydrogen-bond donors (Lipinski definition) is 1. The van der Waals surface area contributed by atoms with Crippen molar-refractivity contribution in [2.45, 2.75) is 38.8 Å². The van der Waals surface area contributed by atoms with Crippen LogP contribution in [0.25, 0.3) is 11.1 Å². The summed E-state index contributed by atoms with van der Waals surface area (Å²) in [6, 6.07) is 14.9. The number of benzene rings is 2. The molecule has 1 aliphatic heterocycles. The molecule has 0 spiro atoms. The van der Waals surface area contributed by atoms with Crippen LogP contribution in [0.3, 0.4) is 0 Å². The number of nitriles is 1. The van der Waals surface area contributed by atoms with Gasteiger partial charge in [0.15, 0.2) is 0 Å². The number of carbonyl (C=O) groups excluding carboxylic acids is 1. The van der Waals surface area contributed by atoms with E-state index < -0.39 is 6.10 Å². The minimum absolute atomic E-state index is 0.141. The van der Waals surface area contributed by atoms with Crippen LogP contribution in [0.2, 0.25) is 0 Å². The Morgan fingerprint density at radius 2 is 2.07 bits per heavy atom. The zero-order valence-electron chi connectivity index (χ0n) is 16.9. The summed E-state index contributed by atoms with van der Waals surface area (Å²) in [7, 11) is 1.48. The molecule has 1 N–H and O–H groups in total. The number of aliphatic hydroxyl groups is 1. The van der Waals surface area contributed by atoms with Crippen molar-refractivity contribution in [3.63, 3.8) is 0 Å². The number of rotatable bonds is 5. The van der Waals surface area contributed by atoms with Crippen molar-refractivity contribution in [1.29, 1.82) is 5.26 Å². The third kappa shape index (κ3) is 4.15. The number of oxime groups is 1. The van der Waals surface area contributed by atoms with Crippen molar-refractivity contribution in [2.24, 2.45) is 5.16 Å². The Hall–Kier alpha value is -3.17. The fraction of sp³-hybridized carbons (Fsp3) is 0.348. The van der Waals surface area contributed by atoms with E-state index in [1.807, 2.05) is 38.1 Å². The first-order valence-electron chi connectivity index (χ1n) is 9.68. The minimum atomic E-state index is -0.612. The van der Waals surface area contributed by atoms with Crippen LogP contribution in [0.5, 0.6) is 0 Å². The Kier molecular flexibility index (Phi) is 6.30. The first-order chi connectivity index (χ1) is 14.0. The lowest BCUT2D eigenvalue weighted by Crippen LogP contribution is -2.42. The molecule has 1 unspecified atom stereocenters. The van der Waals surface area contributed by atoms with Crippen LogP contribution in [0.1, 0.15) is 41.3 Å². The first-order valence-corrected chi connectivity index (χ1v) is 9.68. The van der Waals surface area contributed by atoms with Crippen LogP contribution in [-0.4, -0.2) is 47.4 Å². The first kappa shape index (κ1) is 20.6. The van der Waals surface area contributed by atoms with Gasteiger partial charge in [-0.3, -0.25) is 4.79 Å². The van der Waals surface area contributed by atoms with Gasteiger partial charge in [0.2, 0.25) is 0 Å². The lowest BCUT2D eigenvalue weighted by molar-refractivity contribution is 0.0479. The highest BCUT2D eigenvalue weighted by atomic mass is 16.6. The Morgan fingerprint density at radius 1 is 1.34 bits per heavy atom. The molecule has 6 heteroatoms. The van der Waals surface area contributed by atoms with E-state index >= 15 is 0 Å². The van der Waals surface area contributed by atoms with Gasteiger partial charge in [0.05, 0.1) is 36.0 Å². The maximum atomic E-state index is 13.1. The van der Waals surface area contributed by atoms with Crippen molar-refractivity contribution in [3.8, 4) is 17.2 Å². The van der Waals surface area contributed by atoms with Crippen molar-refractivity contribution in [3.05, 3.63) is 59.2 Å². The predicted molar refractivity (Wildman–Crippen MR) is 112 cm³/mol. The van der Waals surface area contributed by atoms with Gasteiger partial charge < -0.3 is 14.8 Å². The van der Waals surface area contributed by atoms with E-state index in [2.05, 4.69) is 11.2 Å². The largest absolute Gasteiger partial charge is 0.399 e. The van der Waals surface area contributed by atoms with Crippen molar-refractivity contribution >= 4 is 11.6 Å². The lowest BCUT2D eigenvalue weighted by atomic mass is 9.96. The van der Waals surface area contributed by atoms with Crippen LogP contribution in [0.15, 0.2) is 47.6 Å². The predicted octanol–water partition coefficient (Wildman–Crippen LogP) is 3.52. The van der Waals surface area contributed by atoms with Gasteiger partial charge in [-0.15, -0.1) is 0 Å². The molecule has 29 heavy (non-hydrogen) atoms. The van der Waals surface area contributed by atoms with E-state index in [0.29, 0.717) is 30.5 Å². The SMILES string of the molecule is CCC(O)[C@@H]1C/C(=N\OC)CN1C(=O)c1ccc(-c2cccc(C#N)c2C)cc1. The maximum absolute atomic E-state index is 13.1. The second-order valence-electron chi connectivity index (χ2n) is 7.19. The van der Waals surface area contributed by atoms with Gasteiger partial charge in [0, 0.05) is 12.0 Å². The fourth-order valence-electron chi connectivity index (χ4n) is 3.79. The second-order valence-corrected chi connectivity index (χ2v) is 7.19. The zero-order valence-corrected chi connectivity index (χ0v) is 16.9. The van der Waals surface area contributed by atoms with Gasteiger partial charge in [-0.25, -0.2) is 0 Å². The highest BCUT2D eigenvalue weighted by molar-refractivity contribution is 6.00. The molecule has 1 saturated heterocycles. The lowest BCUT2D eigenvalue weighted by Gasteiger charge is -2.27. The van der Waals surface area contributed by atoms with Gasteiger partial charge in [-0.2, -0.15) is 5.26 Å². The Morgan fingerprint density at radius 3 is 2.69 bits per heavy atom. The summed E-state index contributed by atoms with van der Waals surface area (Å²) >= 11 is 0. The molecule has 2 atom stereocenters. The Labute approximate surface area is 171 Å². The average Bonchev–Trinajstić information content (AvgIpc) is 3.17. The molecule has 2 aromatic carbocycles. The number of amides is 1. The molecule has 6 nitrogen and oxygen atoms in total. The second kappa shape index (κ2) is 8.89. The van der Waals surface area contributed by atoms with E-state index in [4.69, 9.17) is 4.84 Å². The van der Waals surface area contributed by atoms with Crippen molar-refractivity contribution in [1.82, 2.24) is 4.90 Å². The summed E-state index contributed by atoms with van der Waals surface area (Å²) in [6.07, 6.45) is 0.453. The number of carbonyl (C=O) groups is 1. The third-order valence-corrected chi connectivity index (χ3v) is 5.44. The molecule has 1 aliphatic rings. The molecule has 150 valence electrons. The van der Waals surface area contributed by atoms with E-state index in [1.54, 1.807) is 23.1 Å². The van der Waals surface area contributed by atoms with E-state index in [0.717, 1.165) is 22.4 Å². The molecule has 0 bridgehead atoms. The molecule has 2 aromatic rings. The summed E-state index contributed by atoms with van der Waals surface area (Å²) in [5.74, 6) is -0.141. The van der Waals surface area contributed by atoms with Gasteiger partial charge in [0.1, 0.15) is 7.11 Å². The smallest absolute Gasteiger partial charge is 0.254 e. The van der Waals surface area contributed by atoms with Crippen molar-refractivity contribution in [2.75, 3.05) is 13.7 Å². The molecule has 0 saturated carbocycles. The molecule has 0 aromatic heterocycles. The number of nitrogens with zero attached hydrogens (tertiary/aromatic N) is 3. The van der Waals surface area contributed by atoms with Gasteiger partial charge >= 0.3 is 0 Å². The van der Waals surface area contributed by atoms with Crippen LogP contribution >= 0.6 is 0 Å². The molecule has 3 rings (SSSR count). The van der Waals surface area contributed by atoms with Crippen molar-refractivity contribution < 1.29 is 14.7 Å². The average molecular weight is 391 g/mol. The summed E-state index contributed by atoms with van der Waals surface area (Å²) < 4.78 is 0. The molecular weight excluding hydrogens is 366 g/mol. The molecule has 1 amide bonds. The summed E-state index contributed by atoms with van der Waals surface area (Å²) in [6.45, 7) is 4.16. The fourth-order valence-corrected chi connectivity index (χ4v) is 3.79. The molecule has 0 radical (unpaired) electrons. The third-order valence-electron chi connectivity index (χ3n) is 5.44. The molecule has 1 fully saturated rings. The maximum Gasteiger partial charge on any atom is 0.254 e. The minimum Gasteiger partial charge on any atom is -0.399 e. The highest BCUT2D eigenvalue weighted by Crippen LogP contribution is 2.27. The van der Waals surface area contributed by atoms with E-state index in [9.17, 15) is 15.2 Å². The van der Waals surface area contributed by atoms with Crippen LogP contribution < -0.4 is 0 Å². The molecule has 1 heterocycles. The van der Waals surface area contributed by atoms with Gasteiger partial charge in [-0.1, -0.05) is 36.3 Å². The van der Waals surface area contributed by atoms with Gasteiger partial charge in [0.25, 0.3) is 5.91 Å². The monoisotopic (exact) mass is 391 g/mol. The number of likely N-dealkylation sites (tertiary alicyclic amines) is 1. The van der Waals surface area contributed by atoms with Gasteiger partial charge in [-0.05, 0) is 48.2 Å². The normalized spacial score (nSPS) is 18.5. The number of hydrogen-bond acceptors (Lipinski definition) is 5. The number of aliphatic hydroxyl groups excluding tert-OH is 1. The summed E-state index contributed by atoms with van der Waals surface area (Å²) in [5.41, 5.74) is 4.78. The zero-order chi connectivity index (χ0) is 21.0. The van der Waals surface area contributed by atoms with Crippen LogP contribution in [0, 0.1) is 18.3 Å². The molecule has 0 aliphatic carbocycles. The van der Waals surface area contributed by atoms with E-state index in [-0.39, 0.29) is 11.9 Å². The van der Waals surface area contributed by atoms with Crippen LogP contribution in [-0.2, 0) is 4.84 Å². The summed E-state index contributed by atoms with van der Waals surface area (Å²) in [5, 5.41) is 23.6. The standard InChI is InChI=1S/C23H25N3O3/c1-4-22(27)21-12-19(25-29-3)14-26(21)23(28)17-10-8-16(9-11-17)20-7-5-6-18(13-24)15(20)2/h5-11,21-22,27H,4,12,14H2,1-3H3/b25-19+/t21-,22?/m0/s1. The Bertz CT molecular complexity index is 960. The quantitative estimate of drug-likeness (QED) is 0.790. The topological polar surface area (TPSA) is 85.9 Å². The summed E-state index contributed by atoms with van der Waals surface area (Å²) in [4.78, 5) is 19.6. The highest BCUT2D eigenvalue weighted by Gasteiger charge is 2.37.